The monoisotopic (exact) mass is 215 g/mol. The summed E-state index contributed by atoms with van der Waals surface area (Å²) in [5.74, 6) is -0.152. The van der Waals surface area contributed by atoms with E-state index in [4.69, 9.17) is 0 Å². The number of unbranched alkanes of at least 4 members (excludes halogenated alkanes) is 5. The smallest absolute Gasteiger partial charge is 0.246 e. The van der Waals surface area contributed by atoms with E-state index in [1.54, 1.807) is 13.8 Å². The van der Waals surface area contributed by atoms with Gasteiger partial charge in [-0.1, -0.05) is 39.0 Å². The van der Waals surface area contributed by atoms with Gasteiger partial charge in [0.2, 0.25) is 5.91 Å². The molecular weight excluding hydrogens is 190 g/mol. The van der Waals surface area contributed by atoms with Crippen molar-refractivity contribution in [3.63, 3.8) is 0 Å². The molecule has 0 aliphatic rings. The molecule has 0 atom stereocenters. The molecular formula is C12H25NO2. The molecule has 0 aliphatic heterocycles. The van der Waals surface area contributed by atoms with E-state index in [1.807, 2.05) is 0 Å². The fourth-order valence-electron chi connectivity index (χ4n) is 1.46. The third kappa shape index (κ3) is 7.37. The molecule has 0 saturated heterocycles. The number of carbonyl (C=O) groups is 1. The van der Waals surface area contributed by atoms with E-state index >= 15 is 0 Å². The van der Waals surface area contributed by atoms with Gasteiger partial charge in [-0.15, -0.1) is 0 Å². The van der Waals surface area contributed by atoms with Crippen molar-refractivity contribution in [3.05, 3.63) is 0 Å². The van der Waals surface area contributed by atoms with Gasteiger partial charge in [-0.05, 0) is 20.3 Å². The van der Waals surface area contributed by atoms with Crippen LogP contribution in [0.3, 0.4) is 0 Å². The fourth-order valence-corrected chi connectivity index (χ4v) is 1.46. The quantitative estimate of drug-likeness (QED) is 0.383. The molecule has 0 rings (SSSR count). The Morgan fingerprint density at radius 3 is 2.20 bits per heavy atom. The highest BCUT2D eigenvalue weighted by Gasteiger charge is 2.12. The van der Waals surface area contributed by atoms with Crippen LogP contribution in [0, 0.1) is 0 Å². The second kappa shape index (κ2) is 8.72. The first-order valence-electron chi connectivity index (χ1n) is 6.10. The van der Waals surface area contributed by atoms with Gasteiger partial charge in [0.25, 0.3) is 0 Å². The van der Waals surface area contributed by atoms with E-state index < -0.39 is 0 Å². The predicted molar refractivity (Wildman–Crippen MR) is 61.8 cm³/mol. The molecule has 3 nitrogen and oxygen atoms in total. The van der Waals surface area contributed by atoms with E-state index in [-0.39, 0.29) is 11.9 Å². The Morgan fingerprint density at radius 2 is 1.67 bits per heavy atom. The van der Waals surface area contributed by atoms with Gasteiger partial charge in [0.05, 0.1) is 6.04 Å². The van der Waals surface area contributed by atoms with Crippen molar-refractivity contribution in [1.82, 2.24) is 5.06 Å². The van der Waals surface area contributed by atoms with Crippen molar-refractivity contribution in [2.75, 3.05) is 0 Å². The maximum atomic E-state index is 11.3. The molecule has 0 heterocycles. The number of carbonyl (C=O) groups excluding carboxylic acids is 1. The summed E-state index contributed by atoms with van der Waals surface area (Å²) in [4.78, 5) is 11.3. The van der Waals surface area contributed by atoms with Crippen molar-refractivity contribution < 1.29 is 10.0 Å². The van der Waals surface area contributed by atoms with Crippen molar-refractivity contribution in [3.8, 4) is 0 Å². The lowest BCUT2D eigenvalue weighted by atomic mass is 10.1. The first-order valence-corrected chi connectivity index (χ1v) is 6.10. The maximum Gasteiger partial charge on any atom is 0.246 e. The molecule has 0 aromatic heterocycles. The van der Waals surface area contributed by atoms with Crippen LogP contribution in [0.25, 0.3) is 0 Å². The molecule has 3 heteroatoms. The first kappa shape index (κ1) is 14.4. The summed E-state index contributed by atoms with van der Waals surface area (Å²) < 4.78 is 0. The molecule has 90 valence electrons. The van der Waals surface area contributed by atoms with E-state index in [0.29, 0.717) is 6.42 Å². The minimum absolute atomic E-state index is 0.113. The molecule has 0 unspecified atom stereocenters. The summed E-state index contributed by atoms with van der Waals surface area (Å²) in [6, 6.07) is -0.113. The highest BCUT2D eigenvalue weighted by Crippen LogP contribution is 2.08. The van der Waals surface area contributed by atoms with Gasteiger partial charge >= 0.3 is 0 Å². The number of hydroxylamine groups is 2. The third-order valence-electron chi connectivity index (χ3n) is 2.49. The number of amides is 1. The van der Waals surface area contributed by atoms with Gasteiger partial charge in [0, 0.05) is 6.42 Å². The van der Waals surface area contributed by atoms with Gasteiger partial charge in [-0.3, -0.25) is 10.0 Å². The average Bonchev–Trinajstić information content (AvgIpc) is 2.21. The maximum absolute atomic E-state index is 11.3. The molecule has 0 bridgehead atoms. The Kier molecular flexibility index (Phi) is 8.38. The average molecular weight is 215 g/mol. The lowest BCUT2D eigenvalue weighted by molar-refractivity contribution is -0.172. The van der Waals surface area contributed by atoms with Crippen LogP contribution in [-0.4, -0.2) is 22.2 Å². The third-order valence-corrected chi connectivity index (χ3v) is 2.49. The van der Waals surface area contributed by atoms with Gasteiger partial charge < -0.3 is 0 Å². The number of rotatable bonds is 8. The molecule has 1 N–H and O–H groups in total. The van der Waals surface area contributed by atoms with Crippen LogP contribution >= 0.6 is 0 Å². The second-order valence-corrected chi connectivity index (χ2v) is 4.35. The van der Waals surface area contributed by atoms with Gasteiger partial charge in [0.15, 0.2) is 0 Å². The molecule has 0 saturated carbocycles. The van der Waals surface area contributed by atoms with Crippen LogP contribution in [0.2, 0.25) is 0 Å². The standard InChI is InChI=1S/C12H25NO2/c1-4-5-6-7-8-9-10-12(14)13(15)11(2)3/h11,15H,4-10H2,1-3H3. The Morgan fingerprint density at radius 1 is 1.13 bits per heavy atom. The molecule has 1 amide bonds. The molecule has 0 aromatic rings. The van der Waals surface area contributed by atoms with Crippen molar-refractivity contribution in [2.45, 2.75) is 71.8 Å². The van der Waals surface area contributed by atoms with Crippen molar-refractivity contribution >= 4 is 5.91 Å². The Balaban J connectivity index is 3.39. The summed E-state index contributed by atoms with van der Waals surface area (Å²) >= 11 is 0. The molecule has 0 aliphatic carbocycles. The highest BCUT2D eigenvalue weighted by molar-refractivity contribution is 5.75. The zero-order chi connectivity index (χ0) is 11.7. The number of hydrogen-bond donors (Lipinski definition) is 1. The Hall–Kier alpha value is -0.570. The highest BCUT2D eigenvalue weighted by atomic mass is 16.5. The summed E-state index contributed by atoms with van der Waals surface area (Å²) in [7, 11) is 0. The number of nitrogens with zero attached hydrogens (tertiary/aromatic N) is 1. The SMILES string of the molecule is CCCCCCCCC(=O)N(O)C(C)C. The van der Waals surface area contributed by atoms with Crippen LogP contribution < -0.4 is 0 Å². The Labute approximate surface area is 93.4 Å². The van der Waals surface area contributed by atoms with E-state index in [9.17, 15) is 10.0 Å². The first-order chi connectivity index (χ1) is 7.09. The predicted octanol–water partition coefficient (Wildman–Crippen LogP) is 3.36. The summed E-state index contributed by atoms with van der Waals surface area (Å²) in [5.41, 5.74) is 0. The molecule has 0 radical (unpaired) electrons. The lowest BCUT2D eigenvalue weighted by Gasteiger charge is -2.18. The van der Waals surface area contributed by atoms with Gasteiger partial charge in [0.1, 0.15) is 0 Å². The topological polar surface area (TPSA) is 40.5 Å². The van der Waals surface area contributed by atoms with Gasteiger partial charge in [-0.2, -0.15) is 0 Å². The van der Waals surface area contributed by atoms with Gasteiger partial charge in [-0.25, -0.2) is 5.06 Å². The van der Waals surface area contributed by atoms with Crippen LogP contribution in [0.15, 0.2) is 0 Å². The van der Waals surface area contributed by atoms with Crippen LogP contribution in [0.4, 0.5) is 0 Å². The normalized spacial score (nSPS) is 10.7. The van der Waals surface area contributed by atoms with Crippen molar-refractivity contribution in [1.29, 1.82) is 0 Å². The summed E-state index contributed by atoms with van der Waals surface area (Å²) in [6.07, 6.45) is 7.46. The van der Waals surface area contributed by atoms with Crippen LogP contribution in [0.1, 0.15) is 65.7 Å². The minimum Gasteiger partial charge on any atom is -0.286 e. The largest absolute Gasteiger partial charge is 0.286 e. The fraction of sp³-hybridized carbons (Fsp3) is 0.917. The zero-order valence-corrected chi connectivity index (χ0v) is 10.3. The lowest BCUT2D eigenvalue weighted by Crippen LogP contribution is -2.33. The molecule has 15 heavy (non-hydrogen) atoms. The van der Waals surface area contributed by atoms with E-state index in [2.05, 4.69) is 6.92 Å². The van der Waals surface area contributed by atoms with E-state index in [0.717, 1.165) is 17.9 Å². The molecule has 0 spiro atoms. The zero-order valence-electron chi connectivity index (χ0n) is 10.3. The van der Waals surface area contributed by atoms with Crippen LogP contribution in [0.5, 0.6) is 0 Å². The van der Waals surface area contributed by atoms with Crippen LogP contribution in [-0.2, 0) is 4.79 Å². The molecule has 0 aromatic carbocycles. The van der Waals surface area contributed by atoms with Crippen molar-refractivity contribution in [2.24, 2.45) is 0 Å². The Bertz CT molecular complexity index is 169. The van der Waals surface area contributed by atoms with E-state index in [1.165, 1.54) is 25.7 Å². The summed E-state index contributed by atoms with van der Waals surface area (Å²) in [5, 5.41) is 10.2. The molecule has 0 fully saturated rings. The second-order valence-electron chi connectivity index (χ2n) is 4.35. The summed E-state index contributed by atoms with van der Waals surface area (Å²) in [6.45, 7) is 5.80. The minimum atomic E-state index is -0.152. The number of hydrogen-bond acceptors (Lipinski definition) is 2.